The van der Waals surface area contributed by atoms with E-state index in [0.29, 0.717) is 13.1 Å². The van der Waals surface area contributed by atoms with Gasteiger partial charge in [0, 0.05) is 37.5 Å². The Morgan fingerprint density at radius 1 is 1.40 bits per heavy atom. The van der Waals surface area contributed by atoms with Crippen molar-refractivity contribution in [1.82, 2.24) is 10.2 Å². The molecule has 3 amide bonds. The summed E-state index contributed by atoms with van der Waals surface area (Å²) in [7, 11) is 0. The van der Waals surface area contributed by atoms with Gasteiger partial charge in [0.15, 0.2) is 0 Å². The molecule has 1 aliphatic heterocycles. The number of rotatable bonds is 4. The minimum Gasteiger partial charge on any atom is -0.351 e. The number of hydrogen-bond acceptors (Lipinski definition) is 4. The van der Waals surface area contributed by atoms with Crippen LogP contribution in [0.15, 0.2) is 24.4 Å². The van der Waals surface area contributed by atoms with Crippen LogP contribution in [0.5, 0.6) is 0 Å². The summed E-state index contributed by atoms with van der Waals surface area (Å²) in [5, 5.41) is 2.47. The number of carbonyl (C=O) groups is 3. The smallest absolute Gasteiger partial charge is 0.257 e. The molecule has 1 aliphatic rings. The molecule has 0 aromatic rings. The highest BCUT2D eigenvalue weighted by Gasteiger charge is 2.20. The first kappa shape index (κ1) is 11.1. The summed E-state index contributed by atoms with van der Waals surface area (Å²) in [6.45, 7) is 0.687. The maximum Gasteiger partial charge on any atom is 0.257 e. The molecule has 0 saturated carbocycles. The molecule has 3 N–H and O–H groups in total. The maximum absolute atomic E-state index is 11.0. The number of amides is 3. The number of hydrogen-bond donors (Lipinski definition) is 2. The Kier molecular flexibility index (Phi) is 3.75. The highest BCUT2D eigenvalue weighted by atomic mass is 16.2. The minimum absolute atomic E-state index is 0.336. The Labute approximate surface area is 86.4 Å². The van der Waals surface area contributed by atoms with E-state index in [2.05, 4.69) is 5.32 Å². The Bertz CT molecular complexity index is 329. The Morgan fingerprint density at radius 3 is 2.53 bits per heavy atom. The van der Waals surface area contributed by atoms with Gasteiger partial charge in [-0.1, -0.05) is 0 Å². The lowest BCUT2D eigenvalue weighted by molar-refractivity contribution is -0.133. The van der Waals surface area contributed by atoms with Crippen molar-refractivity contribution in [3.8, 4) is 0 Å². The molecule has 6 nitrogen and oxygen atoms in total. The third-order valence-corrected chi connectivity index (χ3v) is 1.66. The quantitative estimate of drug-likeness (QED) is 0.435. The van der Waals surface area contributed by atoms with Gasteiger partial charge in [0.25, 0.3) is 11.8 Å². The number of imide groups is 1. The van der Waals surface area contributed by atoms with Crippen molar-refractivity contribution >= 4 is 17.7 Å². The summed E-state index contributed by atoms with van der Waals surface area (Å²) in [5.74, 6) is -1.31. The summed E-state index contributed by atoms with van der Waals surface area (Å²) in [5.41, 5.74) is 5.17. The number of carbonyl (C=O) groups excluding carboxylic acids is 3. The molecule has 0 fully saturated rings. The first-order valence-electron chi connectivity index (χ1n) is 4.36. The predicted octanol–water partition coefficient (Wildman–Crippen LogP) is -1.50. The molecule has 0 radical (unpaired) electrons. The SMILES string of the molecule is NCCNC(=O)C=CN1C(=O)C=CC1=O. The molecule has 15 heavy (non-hydrogen) atoms. The summed E-state index contributed by atoms with van der Waals surface area (Å²) in [6, 6.07) is 0. The van der Waals surface area contributed by atoms with E-state index < -0.39 is 17.7 Å². The van der Waals surface area contributed by atoms with Crippen LogP contribution in [-0.4, -0.2) is 35.7 Å². The molecule has 6 heteroatoms. The van der Waals surface area contributed by atoms with Crippen LogP contribution in [0.1, 0.15) is 0 Å². The number of nitrogens with two attached hydrogens (primary N) is 1. The Morgan fingerprint density at radius 2 is 2.00 bits per heavy atom. The molecular formula is C9H11N3O3. The molecule has 1 rings (SSSR count). The van der Waals surface area contributed by atoms with Crippen LogP contribution in [0.2, 0.25) is 0 Å². The predicted molar refractivity (Wildman–Crippen MR) is 52.2 cm³/mol. The van der Waals surface area contributed by atoms with Crippen LogP contribution in [-0.2, 0) is 14.4 Å². The van der Waals surface area contributed by atoms with Gasteiger partial charge < -0.3 is 11.1 Å². The monoisotopic (exact) mass is 209 g/mol. The van der Waals surface area contributed by atoms with Crippen LogP contribution in [0, 0.1) is 0 Å². The fourth-order valence-corrected chi connectivity index (χ4v) is 0.955. The fraction of sp³-hybridized carbons (Fsp3) is 0.222. The van der Waals surface area contributed by atoms with Gasteiger partial charge >= 0.3 is 0 Å². The van der Waals surface area contributed by atoms with Crippen molar-refractivity contribution < 1.29 is 14.4 Å². The Balaban J connectivity index is 2.47. The molecular weight excluding hydrogens is 198 g/mol. The van der Waals surface area contributed by atoms with Gasteiger partial charge in [-0.2, -0.15) is 0 Å². The van der Waals surface area contributed by atoms with Crippen molar-refractivity contribution in [2.45, 2.75) is 0 Å². The summed E-state index contributed by atoms with van der Waals surface area (Å²) in [4.78, 5) is 34.0. The maximum atomic E-state index is 11.0. The second kappa shape index (κ2) is 5.06. The number of nitrogens with zero attached hydrogens (tertiary/aromatic N) is 1. The molecule has 0 aromatic heterocycles. The van der Waals surface area contributed by atoms with E-state index in [4.69, 9.17) is 5.73 Å². The first-order valence-corrected chi connectivity index (χ1v) is 4.36. The van der Waals surface area contributed by atoms with Crippen molar-refractivity contribution in [2.24, 2.45) is 5.73 Å². The van der Waals surface area contributed by atoms with E-state index >= 15 is 0 Å². The summed E-state index contributed by atoms with van der Waals surface area (Å²) < 4.78 is 0. The molecule has 0 atom stereocenters. The van der Waals surface area contributed by atoms with E-state index in [0.717, 1.165) is 29.3 Å². The van der Waals surface area contributed by atoms with E-state index in [-0.39, 0.29) is 0 Å². The van der Waals surface area contributed by atoms with Gasteiger partial charge in [-0.05, 0) is 0 Å². The largest absolute Gasteiger partial charge is 0.351 e. The lowest BCUT2D eigenvalue weighted by Gasteiger charge is -2.06. The zero-order chi connectivity index (χ0) is 11.3. The third-order valence-electron chi connectivity index (χ3n) is 1.66. The fourth-order valence-electron chi connectivity index (χ4n) is 0.955. The first-order chi connectivity index (χ1) is 7.15. The minimum atomic E-state index is -0.456. The van der Waals surface area contributed by atoms with E-state index in [1.54, 1.807) is 0 Å². The summed E-state index contributed by atoms with van der Waals surface area (Å²) >= 11 is 0. The van der Waals surface area contributed by atoms with Crippen LogP contribution >= 0.6 is 0 Å². The Hall–Kier alpha value is -1.95. The van der Waals surface area contributed by atoms with Gasteiger partial charge in [-0.25, -0.2) is 0 Å². The molecule has 0 aliphatic carbocycles. The highest BCUT2D eigenvalue weighted by molar-refractivity contribution is 6.14. The average Bonchev–Trinajstić information content (AvgIpc) is 2.53. The highest BCUT2D eigenvalue weighted by Crippen LogP contribution is 2.03. The van der Waals surface area contributed by atoms with Crippen molar-refractivity contribution in [3.05, 3.63) is 24.4 Å². The molecule has 0 saturated heterocycles. The normalized spacial score (nSPS) is 15.4. The number of nitrogens with one attached hydrogen (secondary N) is 1. The van der Waals surface area contributed by atoms with Crippen LogP contribution in [0.3, 0.4) is 0 Å². The second-order valence-corrected chi connectivity index (χ2v) is 2.78. The second-order valence-electron chi connectivity index (χ2n) is 2.78. The summed E-state index contributed by atoms with van der Waals surface area (Å²) in [6.07, 6.45) is 4.53. The van der Waals surface area contributed by atoms with Gasteiger partial charge in [-0.3, -0.25) is 19.3 Å². The molecule has 0 spiro atoms. The van der Waals surface area contributed by atoms with Crippen LogP contribution < -0.4 is 11.1 Å². The molecule has 80 valence electrons. The molecule has 0 aromatic carbocycles. The molecule has 0 bridgehead atoms. The molecule has 1 heterocycles. The van der Waals surface area contributed by atoms with Crippen LogP contribution in [0.25, 0.3) is 0 Å². The van der Waals surface area contributed by atoms with E-state index in [1.165, 1.54) is 0 Å². The lowest BCUT2D eigenvalue weighted by Crippen LogP contribution is -2.29. The van der Waals surface area contributed by atoms with Gasteiger partial charge in [0.05, 0.1) is 0 Å². The molecule has 0 unspecified atom stereocenters. The van der Waals surface area contributed by atoms with Crippen molar-refractivity contribution in [2.75, 3.05) is 13.1 Å². The van der Waals surface area contributed by atoms with E-state index in [1.807, 2.05) is 0 Å². The van der Waals surface area contributed by atoms with Gasteiger partial charge in [0.2, 0.25) is 5.91 Å². The lowest BCUT2D eigenvalue weighted by atomic mass is 10.5. The van der Waals surface area contributed by atoms with Crippen molar-refractivity contribution in [1.29, 1.82) is 0 Å². The van der Waals surface area contributed by atoms with Gasteiger partial charge in [0.1, 0.15) is 0 Å². The zero-order valence-corrected chi connectivity index (χ0v) is 7.97. The van der Waals surface area contributed by atoms with Gasteiger partial charge in [-0.15, -0.1) is 0 Å². The van der Waals surface area contributed by atoms with Crippen LogP contribution in [0.4, 0.5) is 0 Å². The van der Waals surface area contributed by atoms with E-state index in [9.17, 15) is 14.4 Å². The average molecular weight is 209 g/mol. The third kappa shape index (κ3) is 3.03. The van der Waals surface area contributed by atoms with Crippen molar-refractivity contribution in [3.63, 3.8) is 0 Å². The zero-order valence-electron chi connectivity index (χ0n) is 7.97. The topological polar surface area (TPSA) is 92.5 Å². The standard InChI is InChI=1S/C9H11N3O3/c10-4-5-11-7(13)3-6-12-8(14)1-2-9(12)15/h1-3,6H,4-5,10H2,(H,11,13).